The molecule has 1 atom stereocenters. The maximum absolute atomic E-state index is 10.6. The van der Waals surface area contributed by atoms with Crippen LogP contribution in [0.4, 0.5) is 0 Å². The van der Waals surface area contributed by atoms with Gasteiger partial charge in [-0.15, -0.1) is 0 Å². The number of benzene rings is 1. The fourth-order valence-electron chi connectivity index (χ4n) is 2.66. The summed E-state index contributed by atoms with van der Waals surface area (Å²) in [5.41, 5.74) is 5.36. The second-order valence-electron chi connectivity index (χ2n) is 4.87. The maximum atomic E-state index is 10.6. The molecule has 2 heteroatoms. The fourth-order valence-corrected chi connectivity index (χ4v) is 2.66. The van der Waals surface area contributed by atoms with Gasteiger partial charge in [0.25, 0.3) is 0 Å². The van der Waals surface area contributed by atoms with E-state index in [1.54, 1.807) is 6.26 Å². The molecule has 0 saturated carbocycles. The zero-order valence-corrected chi connectivity index (χ0v) is 11.4. The van der Waals surface area contributed by atoms with Gasteiger partial charge in [0.2, 0.25) is 0 Å². The lowest BCUT2D eigenvalue weighted by molar-refractivity contribution is 0.216. The molecule has 0 amide bonds. The Morgan fingerprint density at radius 1 is 1.17 bits per heavy atom. The minimum Gasteiger partial charge on any atom is -0.469 e. The number of hydrogen-bond acceptors (Lipinski definition) is 2. The van der Waals surface area contributed by atoms with Crippen LogP contribution in [0, 0.1) is 20.8 Å². The van der Waals surface area contributed by atoms with Crippen molar-refractivity contribution in [3.05, 3.63) is 58.0 Å². The van der Waals surface area contributed by atoms with Crippen LogP contribution in [-0.2, 0) is 6.42 Å². The summed E-state index contributed by atoms with van der Waals surface area (Å²) in [6.07, 6.45) is 1.85. The number of aliphatic hydroxyl groups excluding tert-OH is 1. The van der Waals surface area contributed by atoms with E-state index in [9.17, 15) is 5.11 Å². The van der Waals surface area contributed by atoms with Gasteiger partial charge in [-0.1, -0.05) is 24.6 Å². The molecular formula is C16H20O2. The molecule has 0 bridgehead atoms. The highest BCUT2D eigenvalue weighted by molar-refractivity contribution is 5.43. The number of rotatable bonds is 3. The first kappa shape index (κ1) is 12.9. The van der Waals surface area contributed by atoms with Crippen molar-refractivity contribution >= 4 is 0 Å². The molecule has 18 heavy (non-hydrogen) atoms. The number of hydrogen-bond donors (Lipinski definition) is 1. The van der Waals surface area contributed by atoms with Crippen molar-refractivity contribution in [1.29, 1.82) is 0 Å². The third-order valence-corrected chi connectivity index (χ3v) is 3.41. The van der Waals surface area contributed by atoms with E-state index in [0.717, 1.165) is 34.4 Å². The molecule has 0 aliphatic heterocycles. The standard InChI is InChI=1S/C16H20O2/c1-5-14-13(6-7-18-14)16(17)15-11(3)8-10(2)9-12(15)4/h6-9,16-17H,5H2,1-4H3. The van der Waals surface area contributed by atoms with Gasteiger partial charge in [0.05, 0.1) is 6.26 Å². The van der Waals surface area contributed by atoms with Crippen molar-refractivity contribution in [3.8, 4) is 0 Å². The average Bonchev–Trinajstić information content (AvgIpc) is 2.75. The highest BCUT2D eigenvalue weighted by Gasteiger charge is 2.20. The molecule has 0 fully saturated rings. The average molecular weight is 244 g/mol. The van der Waals surface area contributed by atoms with Crippen molar-refractivity contribution in [2.24, 2.45) is 0 Å². The number of furan rings is 1. The molecule has 1 unspecified atom stereocenters. The third-order valence-electron chi connectivity index (χ3n) is 3.41. The largest absolute Gasteiger partial charge is 0.469 e. The van der Waals surface area contributed by atoms with Crippen LogP contribution in [0.25, 0.3) is 0 Å². The van der Waals surface area contributed by atoms with Gasteiger partial charge in [-0.2, -0.15) is 0 Å². The SMILES string of the molecule is CCc1occc1C(O)c1c(C)cc(C)cc1C. The maximum Gasteiger partial charge on any atom is 0.109 e. The topological polar surface area (TPSA) is 33.4 Å². The van der Waals surface area contributed by atoms with Crippen LogP contribution in [0.5, 0.6) is 0 Å². The Bertz CT molecular complexity index is 529. The van der Waals surface area contributed by atoms with Crippen molar-refractivity contribution in [2.75, 3.05) is 0 Å². The molecular weight excluding hydrogens is 224 g/mol. The fraction of sp³-hybridized carbons (Fsp3) is 0.375. The summed E-state index contributed by atoms with van der Waals surface area (Å²) >= 11 is 0. The summed E-state index contributed by atoms with van der Waals surface area (Å²) in [6, 6.07) is 6.08. The van der Waals surface area contributed by atoms with Gasteiger partial charge in [-0.25, -0.2) is 0 Å². The molecule has 0 aliphatic carbocycles. The van der Waals surface area contributed by atoms with E-state index in [0.29, 0.717) is 0 Å². The Labute approximate surface area is 108 Å². The highest BCUT2D eigenvalue weighted by atomic mass is 16.3. The lowest BCUT2D eigenvalue weighted by atomic mass is 9.92. The molecule has 1 aromatic carbocycles. The highest BCUT2D eigenvalue weighted by Crippen LogP contribution is 2.31. The molecule has 2 rings (SSSR count). The first-order valence-electron chi connectivity index (χ1n) is 6.36. The second kappa shape index (κ2) is 4.99. The van der Waals surface area contributed by atoms with Crippen molar-refractivity contribution in [3.63, 3.8) is 0 Å². The first-order chi connectivity index (χ1) is 8.54. The van der Waals surface area contributed by atoms with Gasteiger partial charge in [0, 0.05) is 12.0 Å². The predicted octanol–water partition coefficient (Wildman–Crippen LogP) is 3.85. The summed E-state index contributed by atoms with van der Waals surface area (Å²) in [6.45, 7) is 8.20. The summed E-state index contributed by atoms with van der Waals surface area (Å²) in [4.78, 5) is 0. The van der Waals surface area contributed by atoms with Gasteiger partial charge in [0.15, 0.2) is 0 Å². The molecule has 0 radical (unpaired) electrons. The molecule has 1 heterocycles. The monoisotopic (exact) mass is 244 g/mol. The van der Waals surface area contributed by atoms with Crippen LogP contribution in [-0.4, -0.2) is 5.11 Å². The van der Waals surface area contributed by atoms with E-state index >= 15 is 0 Å². The molecule has 0 saturated heterocycles. The Balaban J connectivity index is 2.49. The predicted molar refractivity (Wildman–Crippen MR) is 72.8 cm³/mol. The van der Waals surface area contributed by atoms with Gasteiger partial charge >= 0.3 is 0 Å². The molecule has 0 aliphatic rings. The molecule has 0 spiro atoms. The number of aliphatic hydroxyl groups is 1. The Morgan fingerprint density at radius 3 is 2.33 bits per heavy atom. The summed E-state index contributed by atoms with van der Waals surface area (Å²) in [5.74, 6) is 0.863. The van der Waals surface area contributed by atoms with E-state index in [1.807, 2.05) is 26.8 Å². The van der Waals surface area contributed by atoms with Gasteiger partial charge in [-0.05, 0) is 43.5 Å². The number of aryl methyl sites for hydroxylation is 4. The van der Waals surface area contributed by atoms with Crippen LogP contribution in [0.2, 0.25) is 0 Å². The molecule has 1 N–H and O–H groups in total. The Kier molecular flexibility index (Phi) is 3.58. The minimum atomic E-state index is -0.598. The van der Waals surface area contributed by atoms with E-state index in [4.69, 9.17) is 4.42 Å². The minimum absolute atomic E-state index is 0.598. The van der Waals surface area contributed by atoms with Crippen molar-refractivity contribution in [2.45, 2.75) is 40.2 Å². The Morgan fingerprint density at radius 2 is 1.78 bits per heavy atom. The lowest BCUT2D eigenvalue weighted by Gasteiger charge is -2.17. The van der Waals surface area contributed by atoms with Gasteiger partial charge in [0.1, 0.15) is 11.9 Å². The van der Waals surface area contributed by atoms with Crippen LogP contribution in [0.3, 0.4) is 0 Å². The molecule has 2 nitrogen and oxygen atoms in total. The smallest absolute Gasteiger partial charge is 0.109 e. The normalized spacial score (nSPS) is 12.7. The third kappa shape index (κ3) is 2.21. The van der Waals surface area contributed by atoms with Gasteiger partial charge in [-0.3, -0.25) is 0 Å². The molecule has 96 valence electrons. The van der Waals surface area contributed by atoms with Crippen LogP contribution >= 0.6 is 0 Å². The zero-order chi connectivity index (χ0) is 13.3. The summed E-state index contributed by atoms with van der Waals surface area (Å²) in [5, 5.41) is 10.6. The molecule has 2 aromatic rings. The van der Waals surface area contributed by atoms with Crippen molar-refractivity contribution in [1.82, 2.24) is 0 Å². The summed E-state index contributed by atoms with van der Waals surface area (Å²) < 4.78 is 5.40. The van der Waals surface area contributed by atoms with Crippen LogP contribution < -0.4 is 0 Å². The molecule has 1 aromatic heterocycles. The first-order valence-corrected chi connectivity index (χ1v) is 6.36. The lowest BCUT2D eigenvalue weighted by Crippen LogP contribution is -2.06. The van der Waals surface area contributed by atoms with Crippen LogP contribution in [0.15, 0.2) is 28.9 Å². The van der Waals surface area contributed by atoms with E-state index in [1.165, 1.54) is 5.56 Å². The quantitative estimate of drug-likeness (QED) is 0.889. The summed E-state index contributed by atoms with van der Waals surface area (Å²) in [7, 11) is 0. The second-order valence-corrected chi connectivity index (χ2v) is 4.87. The van der Waals surface area contributed by atoms with E-state index < -0.39 is 6.10 Å². The van der Waals surface area contributed by atoms with Crippen LogP contribution in [0.1, 0.15) is 46.6 Å². The van der Waals surface area contributed by atoms with Gasteiger partial charge < -0.3 is 9.52 Å². The van der Waals surface area contributed by atoms with E-state index in [-0.39, 0.29) is 0 Å². The Hall–Kier alpha value is -1.54. The van der Waals surface area contributed by atoms with E-state index in [2.05, 4.69) is 19.1 Å². The van der Waals surface area contributed by atoms with Crippen molar-refractivity contribution < 1.29 is 9.52 Å². The zero-order valence-electron chi connectivity index (χ0n) is 11.4.